The van der Waals surface area contributed by atoms with Crippen LogP contribution >= 0.6 is 0 Å². The van der Waals surface area contributed by atoms with Crippen LogP contribution in [0, 0.1) is 12.3 Å². The molecule has 5 rings (SSSR count). The molecular formula is C27H36F2N4O. The van der Waals surface area contributed by atoms with Gasteiger partial charge < -0.3 is 15.1 Å². The zero-order valence-electron chi connectivity index (χ0n) is 20.5. The van der Waals surface area contributed by atoms with Gasteiger partial charge in [0.05, 0.1) is 5.56 Å². The smallest absolute Gasteiger partial charge is 0.257 e. The van der Waals surface area contributed by atoms with E-state index in [0.29, 0.717) is 22.5 Å². The summed E-state index contributed by atoms with van der Waals surface area (Å²) in [6.45, 7) is 8.55. The van der Waals surface area contributed by atoms with Gasteiger partial charge in [-0.1, -0.05) is 19.9 Å². The molecule has 1 aromatic carbocycles. The third kappa shape index (κ3) is 5.50. The van der Waals surface area contributed by atoms with Crippen molar-refractivity contribution in [1.82, 2.24) is 4.98 Å². The number of anilines is 3. The second kappa shape index (κ2) is 9.88. The highest BCUT2D eigenvalue weighted by Gasteiger charge is 2.44. The van der Waals surface area contributed by atoms with Crippen LogP contribution in [0.5, 0.6) is 0 Å². The molecule has 0 radical (unpaired) electrons. The largest absolute Gasteiger partial charge is 0.371 e. The maximum atomic E-state index is 13.5. The van der Waals surface area contributed by atoms with Gasteiger partial charge in [-0.05, 0) is 61.8 Å². The van der Waals surface area contributed by atoms with E-state index in [2.05, 4.69) is 28.2 Å². The lowest BCUT2D eigenvalue weighted by Crippen LogP contribution is -2.39. The molecule has 3 heterocycles. The second-order valence-electron chi connectivity index (χ2n) is 9.71. The summed E-state index contributed by atoms with van der Waals surface area (Å²) in [5, 5.41) is 3.00. The van der Waals surface area contributed by atoms with Gasteiger partial charge in [0, 0.05) is 62.7 Å². The quantitative estimate of drug-likeness (QED) is 0.571. The summed E-state index contributed by atoms with van der Waals surface area (Å²) in [7, 11) is 0. The number of piperidine rings is 2. The average Bonchev–Trinajstić information content (AvgIpc) is 3.59. The molecule has 1 saturated carbocycles. The Morgan fingerprint density at radius 2 is 1.56 bits per heavy atom. The predicted molar refractivity (Wildman–Crippen MR) is 134 cm³/mol. The van der Waals surface area contributed by atoms with Crippen LogP contribution in [0.1, 0.15) is 68.3 Å². The van der Waals surface area contributed by atoms with Gasteiger partial charge in [0.1, 0.15) is 5.82 Å². The molecule has 0 bridgehead atoms. The van der Waals surface area contributed by atoms with Crippen molar-refractivity contribution in [2.45, 2.75) is 65.2 Å². The number of halogens is 2. The van der Waals surface area contributed by atoms with Gasteiger partial charge in [0.15, 0.2) is 0 Å². The zero-order valence-corrected chi connectivity index (χ0v) is 20.5. The lowest BCUT2D eigenvalue weighted by atomic mass is 9.92. The van der Waals surface area contributed by atoms with E-state index < -0.39 is 5.92 Å². The topological polar surface area (TPSA) is 48.5 Å². The number of nitrogens with one attached hydrogen (secondary N) is 1. The molecule has 3 fully saturated rings. The van der Waals surface area contributed by atoms with Crippen molar-refractivity contribution < 1.29 is 13.6 Å². The van der Waals surface area contributed by atoms with E-state index in [1.54, 1.807) is 18.3 Å². The van der Waals surface area contributed by atoms with Crippen molar-refractivity contribution in [2.75, 3.05) is 41.3 Å². The number of carbonyl (C=O) groups excluding carboxylic acids is 1. The summed E-state index contributed by atoms with van der Waals surface area (Å²) in [5.74, 6) is -2.14. The van der Waals surface area contributed by atoms with Crippen molar-refractivity contribution in [3.63, 3.8) is 0 Å². The first-order valence-corrected chi connectivity index (χ1v) is 12.6. The highest BCUT2D eigenvalue weighted by Crippen LogP contribution is 2.54. The van der Waals surface area contributed by atoms with E-state index in [0.717, 1.165) is 24.3 Å². The normalized spacial score (nSPS) is 20.4. The Bertz CT molecular complexity index is 1000. The molecule has 1 spiro atoms. The first-order valence-electron chi connectivity index (χ1n) is 12.6. The van der Waals surface area contributed by atoms with Crippen molar-refractivity contribution in [3.05, 3.63) is 47.7 Å². The van der Waals surface area contributed by atoms with Gasteiger partial charge in [-0.25, -0.2) is 13.8 Å². The highest BCUT2D eigenvalue weighted by atomic mass is 19.3. The van der Waals surface area contributed by atoms with Crippen LogP contribution in [0.3, 0.4) is 0 Å². The first-order chi connectivity index (χ1) is 16.3. The van der Waals surface area contributed by atoms with Gasteiger partial charge in [0.2, 0.25) is 0 Å². The minimum absolute atomic E-state index is 0.158. The Kier molecular flexibility index (Phi) is 7.10. The fourth-order valence-corrected chi connectivity index (χ4v) is 4.92. The molecular weight excluding hydrogens is 434 g/mol. The fourth-order valence-electron chi connectivity index (χ4n) is 4.92. The summed E-state index contributed by atoms with van der Waals surface area (Å²) in [6, 6.07) is 9.48. The Labute approximate surface area is 201 Å². The van der Waals surface area contributed by atoms with E-state index >= 15 is 0 Å². The summed E-state index contributed by atoms with van der Waals surface area (Å²) in [4.78, 5) is 21.8. The minimum Gasteiger partial charge on any atom is -0.371 e. The number of aromatic nitrogens is 1. The van der Waals surface area contributed by atoms with Crippen LogP contribution in [-0.2, 0) is 0 Å². The van der Waals surface area contributed by atoms with E-state index in [1.165, 1.54) is 25.7 Å². The second-order valence-corrected chi connectivity index (χ2v) is 9.71. The van der Waals surface area contributed by atoms with E-state index in [-0.39, 0.29) is 31.8 Å². The molecule has 0 unspecified atom stereocenters. The number of carbonyl (C=O) groups is 1. The number of hydrogen-bond donors (Lipinski definition) is 1. The first kappa shape index (κ1) is 24.4. The Morgan fingerprint density at radius 1 is 0.912 bits per heavy atom. The van der Waals surface area contributed by atoms with Gasteiger partial charge in [-0.2, -0.15) is 0 Å². The molecule has 1 N–H and O–H groups in total. The van der Waals surface area contributed by atoms with Gasteiger partial charge in [-0.15, -0.1) is 0 Å². The monoisotopic (exact) mass is 470 g/mol. The molecule has 34 heavy (non-hydrogen) atoms. The summed E-state index contributed by atoms with van der Waals surface area (Å²) in [6.07, 6.45) is 6.37. The molecule has 2 aromatic rings. The van der Waals surface area contributed by atoms with Crippen LogP contribution in [0.4, 0.5) is 26.0 Å². The standard InChI is InChI=1S/C25H30F2N4O.C2H6/c1-18-2-3-20(21(16-18)30-12-7-24(5-6-24)8-13-30)23(32)29-19-4-11-28-22(17-19)31-14-9-25(26,27)10-15-31;1-2/h2-4,11,16-17H,5-10,12-15H2,1H3,(H,28,29,32);1-2H3. The maximum absolute atomic E-state index is 13.5. The Hall–Kier alpha value is -2.70. The third-order valence-electron chi connectivity index (χ3n) is 7.34. The summed E-state index contributed by atoms with van der Waals surface area (Å²) < 4.78 is 27.0. The molecule has 1 amide bonds. The maximum Gasteiger partial charge on any atom is 0.257 e. The van der Waals surface area contributed by atoms with Crippen molar-refractivity contribution in [1.29, 1.82) is 0 Å². The minimum atomic E-state index is -2.60. The molecule has 184 valence electrons. The SMILES string of the molecule is CC.Cc1ccc(C(=O)Nc2ccnc(N3CCC(F)(F)CC3)c2)c(N2CCC3(CC2)CC3)c1. The molecule has 0 atom stereocenters. The number of nitrogens with zero attached hydrogens (tertiary/aromatic N) is 3. The van der Waals surface area contributed by atoms with Crippen molar-refractivity contribution >= 4 is 23.1 Å². The van der Waals surface area contributed by atoms with Gasteiger partial charge >= 0.3 is 0 Å². The van der Waals surface area contributed by atoms with Crippen LogP contribution in [0.15, 0.2) is 36.5 Å². The third-order valence-corrected chi connectivity index (χ3v) is 7.34. The average molecular weight is 471 g/mol. The summed E-state index contributed by atoms with van der Waals surface area (Å²) >= 11 is 0. The molecule has 7 heteroatoms. The van der Waals surface area contributed by atoms with Gasteiger partial charge in [0.25, 0.3) is 11.8 Å². The lowest BCUT2D eigenvalue weighted by molar-refractivity contribution is -0.0221. The van der Waals surface area contributed by atoms with Crippen LogP contribution in [0.25, 0.3) is 0 Å². The molecule has 1 aliphatic carbocycles. The fraction of sp³-hybridized carbons (Fsp3) is 0.556. The van der Waals surface area contributed by atoms with E-state index in [9.17, 15) is 13.6 Å². The Morgan fingerprint density at radius 3 is 2.21 bits per heavy atom. The zero-order chi connectivity index (χ0) is 24.3. The molecule has 2 saturated heterocycles. The van der Waals surface area contributed by atoms with Crippen LogP contribution < -0.4 is 15.1 Å². The number of alkyl halides is 2. The molecule has 5 nitrogen and oxygen atoms in total. The van der Waals surface area contributed by atoms with Crippen molar-refractivity contribution in [2.24, 2.45) is 5.41 Å². The van der Waals surface area contributed by atoms with E-state index in [4.69, 9.17) is 0 Å². The molecule has 2 aliphatic heterocycles. The number of aryl methyl sites for hydroxylation is 1. The lowest BCUT2D eigenvalue weighted by Gasteiger charge is -2.35. The molecule has 3 aliphatic rings. The number of hydrogen-bond acceptors (Lipinski definition) is 4. The van der Waals surface area contributed by atoms with E-state index in [1.807, 2.05) is 30.9 Å². The predicted octanol–water partition coefficient (Wildman–Crippen LogP) is 6.28. The van der Waals surface area contributed by atoms with Gasteiger partial charge in [-0.3, -0.25) is 4.79 Å². The Balaban J connectivity index is 0.00000133. The number of amides is 1. The van der Waals surface area contributed by atoms with Crippen molar-refractivity contribution in [3.8, 4) is 0 Å². The van der Waals surface area contributed by atoms with Crippen LogP contribution in [0.2, 0.25) is 0 Å². The molecule has 1 aromatic heterocycles. The van der Waals surface area contributed by atoms with Crippen LogP contribution in [-0.4, -0.2) is 43.0 Å². The highest BCUT2D eigenvalue weighted by molar-refractivity contribution is 6.08. The number of pyridine rings is 1. The number of benzene rings is 1. The summed E-state index contributed by atoms with van der Waals surface area (Å²) in [5.41, 5.74) is 3.99. The number of rotatable bonds is 4.